The molecule has 0 saturated heterocycles. The van der Waals surface area contributed by atoms with Gasteiger partial charge in [-0.3, -0.25) is 9.52 Å². The first-order valence-corrected chi connectivity index (χ1v) is 9.62. The maximum Gasteiger partial charge on any atom is 0.263 e. The van der Waals surface area contributed by atoms with Crippen molar-refractivity contribution >= 4 is 33.2 Å². The number of nitrogens with one attached hydrogen (secondary N) is 1. The number of nitrogens with zero attached hydrogens (tertiary/aromatic N) is 1. The number of carbonyl (C=O) groups excluding carboxylic acids is 1. The monoisotopic (exact) mass is 400 g/mol. The molecule has 26 heavy (non-hydrogen) atoms. The summed E-state index contributed by atoms with van der Waals surface area (Å²) in [5, 5.41) is 8.97. The Labute approximate surface area is 156 Å². The number of likely N-dealkylation sites (N-methyl/N-ethyl adjacent to an activating group) is 1. The van der Waals surface area contributed by atoms with Gasteiger partial charge in [0.1, 0.15) is 10.7 Å². The first-order valence-electron chi connectivity index (χ1n) is 7.76. The van der Waals surface area contributed by atoms with Crippen LogP contribution in [-0.4, -0.2) is 44.0 Å². The number of anilines is 1. The Kier molecular flexibility index (Phi) is 6.57. The number of rotatable bonds is 7. The van der Waals surface area contributed by atoms with Crippen molar-refractivity contribution < 1.29 is 22.7 Å². The number of hydrogen-bond donors (Lipinski definition) is 2. The molecule has 0 atom stereocenters. The average Bonchev–Trinajstić information content (AvgIpc) is 2.61. The highest BCUT2D eigenvalue weighted by Crippen LogP contribution is 2.25. The van der Waals surface area contributed by atoms with Crippen LogP contribution in [0, 0.1) is 5.82 Å². The Hall–Kier alpha value is -2.16. The molecule has 2 aromatic rings. The van der Waals surface area contributed by atoms with Gasteiger partial charge >= 0.3 is 0 Å². The zero-order valence-electron chi connectivity index (χ0n) is 13.9. The van der Waals surface area contributed by atoms with Crippen molar-refractivity contribution in [1.82, 2.24) is 4.90 Å². The van der Waals surface area contributed by atoms with Crippen molar-refractivity contribution in [3.8, 4) is 0 Å². The lowest BCUT2D eigenvalue weighted by Gasteiger charge is -2.20. The van der Waals surface area contributed by atoms with E-state index in [4.69, 9.17) is 16.7 Å². The molecule has 0 radical (unpaired) electrons. The maximum absolute atomic E-state index is 13.0. The van der Waals surface area contributed by atoms with Crippen LogP contribution in [0.2, 0.25) is 5.02 Å². The molecule has 2 N–H and O–H groups in total. The largest absolute Gasteiger partial charge is 0.395 e. The highest BCUT2D eigenvalue weighted by molar-refractivity contribution is 7.92. The van der Waals surface area contributed by atoms with Crippen LogP contribution >= 0.6 is 11.6 Å². The summed E-state index contributed by atoms with van der Waals surface area (Å²) < 4.78 is 40.4. The lowest BCUT2D eigenvalue weighted by molar-refractivity contribution is 0.0731. The second-order valence-electron chi connectivity index (χ2n) is 5.37. The summed E-state index contributed by atoms with van der Waals surface area (Å²) in [4.78, 5) is 13.6. The molecule has 2 aromatic carbocycles. The molecule has 0 aromatic heterocycles. The minimum absolute atomic E-state index is 0.0543. The minimum atomic E-state index is -4.08. The summed E-state index contributed by atoms with van der Waals surface area (Å²) in [6, 6.07) is 8.70. The van der Waals surface area contributed by atoms with E-state index in [0.717, 1.165) is 12.1 Å². The van der Waals surface area contributed by atoms with Gasteiger partial charge < -0.3 is 10.0 Å². The number of benzene rings is 2. The van der Waals surface area contributed by atoms with Crippen LogP contribution in [-0.2, 0) is 10.0 Å². The summed E-state index contributed by atoms with van der Waals surface area (Å²) in [7, 11) is -4.08. The minimum Gasteiger partial charge on any atom is -0.395 e. The summed E-state index contributed by atoms with van der Waals surface area (Å²) in [6.07, 6.45) is 0. The zero-order valence-corrected chi connectivity index (χ0v) is 15.5. The molecule has 9 heteroatoms. The van der Waals surface area contributed by atoms with Crippen molar-refractivity contribution in [3.05, 3.63) is 58.9 Å². The van der Waals surface area contributed by atoms with E-state index in [9.17, 15) is 17.6 Å². The molecule has 0 aliphatic carbocycles. The highest BCUT2D eigenvalue weighted by atomic mass is 35.5. The normalized spacial score (nSPS) is 11.2. The third kappa shape index (κ3) is 4.72. The van der Waals surface area contributed by atoms with Gasteiger partial charge in [-0.2, -0.15) is 0 Å². The van der Waals surface area contributed by atoms with Crippen LogP contribution < -0.4 is 4.72 Å². The fraction of sp³-hybridized carbons (Fsp3) is 0.235. The molecule has 140 valence electrons. The molecule has 0 aliphatic heterocycles. The van der Waals surface area contributed by atoms with Crippen LogP contribution in [0.25, 0.3) is 0 Å². The van der Waals surface area contributed by atoms with E-state index in [0.29, 0.717) is 6.54 Å². The first kappa shape index (κ1) is 20.2. The van der Waals surface area contributed by atoms with Gasteiger partial charge in [0.15, 0.2) is 0 Å². The molecule has 0 aliphatic rings. The van der Waals surface area contributed by atoms with E-state index in [-0.39, 0.29) is 34.3 Å². The van der Waals surface area contributed by atoms with Crippen molar-refractivity contribution in [2.24, 2.45) is 0 Å². The maximum atomic E-state index is 13.0. The van der Waals surface area contributed by atoms with Gasteiger partial charge in [0, 0.05) is 24.3 Å². The van der Waals surface area contributed by atoms with Gasteiger partial charge in [-0.1, -0.05) is 11.6 Å². The molecule has 0 unspecified atom stereocenters. The number of sulfonamides is 1. The number of carbonyl (C=O) groups is 1. The number of amides is 1. The topological polar surface area (TPSA) is 86.7 Å². The molecule has 2 rings (SSSR count). The van der Waals surface area contributed by atoms with E-state index >= 15 is 0 Å². The third-order valence-electron chi connectivity index (χ3n) is 3.60. The third-order valence-corrected chi connectivity index (χ3v) is 5.47. The lowest BCUT2D eigenvalue weighted by Crippen LogP contribution is -2.33. The van der Waals surface area contributed by atoms with Crippen LogP contribution in [0.5, 0.6) is 0 Å². The van der Waals surface area contributed by atoms with Crippen molar-refractivity contribution in [2.45, 2.75) is 11.8 Å². The van der Waals surface area contributed by atoms with Crippen LogP contribution in [0.15, 0.2) is 47.4 Å². The summed E-state index contributed by atoms with van der Waals surface area (Å²) in [5.41, 5.74) is 0.291. The second-order valence-corrected chi connectivity index (χ2v) is 7.42. The van der Waals surface area contributed by atoms with E-state index in [1.54, 1.807) is 6.92 Å². The molecule has 0 spiro atoms. The van der Waals surface area contributed by atoms with Crippen LogP contribution in [0.1, 0.15) is 17.3 Å². The summed E-state index contributed by atoms with van der Waals surface area (Å²) in [5.74, 6) is -0.918. The number of hydrogen-bond acceptors (Lipinski definition) is 4. The molecular formula is C17H18ClFN2O4S. The quantitative estimate of drug-likeness (QED) is 0.748. The Morgan fingerprint density at radius 1 is 1.23 bits per heavy atom. The number of aliphatic hydroxyl groups excluding tert-OH is 1. The van der Waals surface area contributed by atoms with E-state index in [1.807, 2.05) is 0 Å². The van der Waals surface area contributed by atoms with Gasteiger partial charge in [0.25, 0.3) is 15.9 Å². The molecule has 0 fully saturated rings. The fourth-order valence-electron chi connectivity index (χ4n) is 2.28. The highest BCUT2D eigenvalue weighted by Gasteiger charge is 2.22. The van der Waals surface area contributed by atoms with Crippen molar-refractivity contribution in [1.29, 1.82) is 0 Å². The van der Waals surface area contributed by atoms with Crippen LogP contribution in [0.4, 0.5) is 10.1 Å². The van der Waals surface area contributed by atoms with Crippen LogP contribution in [0.3, 0.4) is 0 Å². The van der Waals surface area contributed by atoms with E-state index < -0.39 is 21.7 Å². The molecular weight excluding hydrogens is 383 g/mol. The predicted octanol–water partition coefficient (Wildman–Crippen LogP) is 2.73. The molecule has 0 bridgehead atoms. The summed E-state index contributed by atoms with van der Waals surface area (Å²) in [6.45, 7) is 2.04. The lowest BCUT2D eigenvalue weighted by atomic mass is 10.2. The van der Waals surface area contributed by atoms with Gasteiger partial charge in [-0.25, -0.2) is 12.8 Å². The van der Waals surface area contributed by atoms with E-state index in [1.165, 1.54) is 35.2 Å². The molecule has 0 saturated carbocycles. The Morgan fingerprint density at radius 3 is 2.46 bits per heavy atom. The standard InChI is InChI=1S/C17H18ClFN2O4S/c1-2-21(9-10-22)17(23)12-3-8-15(18)16(11-12)26(24,25)20-14-6-4-13(19)5-7-14/h3-8,11,20,22H,2,9-10H2,1H3. The van der Waals surface area contributed by atoms with Gasteiger partial charge in [0.2, 0.25) is 0 Å². The first-order chi connectivity index (χ1) is 12.3. The van der Waals surface area contributed by atoms with Gasteiger partial charge in [-0.15, -0.1) is 0 Å². The average molecular weight is 401 g/mol. The summed E-state index contributed by atoms with van der Waals surface area (Å²) >= 11 is 6.01. The SMILES string of the molecule is CCN(CCO)C(=O)c1ccc(Cl)c(S(=O)(=O)Nc2ccc(F)cc2)c1. The number of aliphatic hydroxyl groups is 1. The molecule has 6 nitrogen and oxygen atoms in total. The second kappa shape index (κ2) is 8.48. The van der Waals surface area contributed by atoms with Gasteiger partial charge in [-0.05, 0) is 49.4 Å². The Bertz CT molecular complexity index is 888. The van der Waals surface area contributed by atoms with Crippen molar-refractivity contribution in [2.75, 3.05) is 24.4 Å². The van der Waals surface area contributed by atoms with Crippen molar-refractivity contribution in [3.63, 3.8) is 0 Å². The zero-order chi connectivity index (χ0) is 19.3. The Balaban J connectivity index is 2.36. The smallest absolute Gasteiger partial charge is 0.263 e. The number of halogens is 2. The van der Waals surface area contributed by atoms with Gasteiger partial charge in [0.05, 0.1) is 11.6 Å². The Morgan fingerprint density at radius 2 is 1.88 bits per heavy atom. The predicted molar refractivity (Wildman–Crippen MR) is 97.3 cm³/mol. The fourth-order valence-corrected chi connectivity index (χ4v) is 3.86. The van der Waals surface area contributed by atoms with E-state index in [2.05, 4.69) is 4.72 Å². The molecule has 1 amide bonds. The molecule has 0 heterocycles.